The Balaban J connectivity index is 3.09. The zero-order valence-electron chi connectivity index (χ0n) is 7.04. The highest BCUT2D eigenvalue weighted by atomic mass is 14.1. The van der Waals surface area contributed by atoms with Crippen LogP contribution in [0.1, 0.15) is 52.9 Å². The summed E-state index contributed by atoms with van der Waals surface area (Å²) in [7, 11) is 0. The largest absolute Gasteiger partial charge is 0.0654 e. The predicted octanol–water partition coefficient (Wildman–Crippen LogP) is 3.57. The third kappa shape index (κ3) is 4.50. The van der Waals surface area contributed by atoms with E-state index in [1.807, 2.05) is 0 Å². The Kier molecular flexibility index (Phi) is 6.12. The highest BCUT2D eigenvalue weighted by Crippen LogP contribution is 2.17. The van der Waals surface area contributed by atoms with Crippen molar-refractivity contribution < 1.29 is 0 Å². The van der Waals surface area contributed by atoms with E-state index >= 15 is 0 Å². The molecule has 0 saturated heterocycles. The van der Waals surface area contributed by atoms with Crippen LogP contribution in [-0.2, 0) is 0 Å². The molecule has 0 heteroatoms. The van der Waals surface area contributed by atoms with Crippen molar-refractivity contribution in [3.05, 3.63) is 5.92 Å². The van der Waals surface area contributed by atoms with Gasteiger partial charge in [0.2, 0.25) is 0 Å². The monoisotopic (exact) mass is 127 g/mol. The smallest absolute Gasteiger partial charge is 0.0246 e. The first-order valence-electron chi connectivity index (χ1n) is 4.18. The second kappa shape index (κ2) is 6.12. The lowest BCUT2D eigenvalue weighted by atomic mass is 9.97. The minimum Gasteiger partial charge on any atom is -0.0654 e. The van der Waals surface area contributed by atoms with E-state index in [0.717, 1.165) is 0 Å². The quantitative estimate of drug-likeness (QED) is 0.529. The van der Waals surface area contributed by atoms with E-state index in [2.05, 4.69) is 20.8 Å². The molecule has 0 aromatic rings. The molecular formula is C9H19. The van der Waals surface area contributed by atoms with Crippen LogP contribution in [0.5, 0.6) is 0 Å². The molecule has 0 saturated carbocycles. The molecule has 0 aliphatic rings. The Morgan fingerprint density at radius 2 is 1.56 bits per heavy atom. The van der Waals surface area contributed by atoms with E-state index < -0.39 is 0 Å². The standard InChI is InChI=1S/C9H19/c1-4-7-8-9(5-2)6-3/h4-8H2,1-3H3. The average Bonchev–Trinajstić information content (AvgIpc) is 1.91. The fourth-order valence-corrected chi connectivity index (χ4v) is 1.03. The molecule has 0 aromatic heterocycles. The molecule has 0 nitrogen and oxygen atoms in total. The van der Waals surface area contributed by atoms with Gasteiger partial charge in [0.1, 0.15) is 0 Å². The van der Waals surface area contributed by atoms with E-state index in [9.17, 15) is 0 Å². The van der Waals surface area contributed by atoms with Crippen LogP contribution in [0.3, 0.4) is 0 Å². The maximum absolute atomic E-state index is 2.26. The van der Waals surface area contributed by atoms with Crippen LogP contribution in [0.2, 0.25) is 0 Å². The van der Waals surface area contributed by atoms with Gasteiger partial charge in [0.05, 0.1) is 0 Å². The summed E-state index contributed by atoms with van der Waals surface area (Å²) in [4.78, 5) is 0. The second-order valence-electron chi connectivity index (χ2n) is 2.56. The molecule has 55 valence electrons. The van der Waals surface area contributed by atoms with Crippen molar-refractivity contribution >= 4 is 0 Å². The first-order valence-corrected chi connectivity index (χ1v) is 4.18. The maximum atomic E-state index is 2.26. The van der Waals surface area contributed by atoms with Gasteiger partial charge in [0.15, 0.2) is 0 Å². The van der Waals surface area contributed by atoms with Gasteiger partial charge in [0.25, 0.3) is 0 Å². The lowest BCUT2D eigenvalue weighted by Gasteiger charge is -2.08. The van der Waals surface area contributed by atoms with Gasteiger partial charge in [0, 0.05) is 0 Å². The maximum Gasteiger partial charge on any atom is -0.0246 e. The SMILES string of the molecule is CCCC[C](CC)CC. The molecule has 9 heavy (non-hydrogen) atoms. The summed E-state index contributed by atoms with van der Waals surface area (Å²) in [5.41, 5.74) is 0. The van der Waals surface area contributed by atoms with Crippen molar-refractivity contribution in [3.8, 4) is 0 Å². The fraction of sp³-hybridized carbons (Fsp3) is 0.889. The van der Waals surface area contributed by atoms with Crippen molar-refractivity contribution in [2.75, 3.05) is 0 Å². The van der Waals surface area contributed by atoms with Gasteiger partial charge < -0.3 is 0 Å². The minimum atomic E-state index is 1.29. The van der Waals surface area contributed by atoms with Gasteiger partial charge >= 0.3 is 0 Å². The topological polar surface area (TPSA) is 0 Å². The molecule has 0 atom stereocenters. The Morgan fingerprint density at radius 3 is 1.89 bits per heavy atom. The van der Waals surface area contributed by atoms with E-state index in [-0.39, 0.29) is 0 Å². The van der Waals surface area contributed by atoms with E-state index in [4.69, 9.17) is 0 Å². The zero-order valence-corrected chi connectivity index (χ0v) is 7.04. The van der Waals surface area contributed by atoms with Crippen LogP contribution in [0, 0.1) is 5.92 Å². The normalized spacial score (nSPS) is 10.7. The number of hydrogen-bond donors (Lipinski definition) is 0. The first kappa shape index (κ1) is 9.00. The van der Waals surface area contributed by atoms with Gasteiger partial charge in [-0.1, -0.05) is 33.6 Å². The Hall–Kier alpha value is 0. The van der Waals surface area contributed by atoms with Gasteiger partial charge in [-0.15, -0.1) is 0 Å². The molecule has 0 unspecified atom stereocenters. The molecule has 0 aliphatic heterocycles. The lowest BCUT2D eigenvalue weighted by molar-refractivity contribution is 0.652. The summed E-state index contributed by atoms with van der Waals surface area (Å²) in [5, 5.41) is 0. The highest BCUT2D eigenvalue weighted by molar-refractivity contribution is 4.85. The van der Waals surface area contributed by atoms with Crippen molar-refractivity contribution in [2.24, 2.45) is 0 Å². The first-order chi connectivity index (χ1) is 4.35. The van der Waals surface area contributed by atoms with Gasteiger partial charge in [-0.25, -0.2) is 0 Å². The van der Waals surface area contributed by atoms with Crippen molar-refractivity contribution in [3.63, 3.8) is 0 Å². The van der Waals surface area contributed by atoms with E-state index in [1.165, 1.54) is 32.1 Å². The van der Waals surface area contributed by atoms with Crippen molar-refractivity contribution in [1.29, 1.82) is 0 Å². The summed E-state index contributed by atoms with van der Waals surface area (Å²) in [6.07, 6.45) is 6.66. The minimum absolute atomic E-state index is 1.29. The van der Waals surface area contributed by atoms with Gasteiger partial charge in [-0.2, -0.15) is 0 Å². The van der Waals surface area contributed by atoms with Crippen molar-refractivity contribution in [2.45, 2.75) is 52.9 Å². The summed E-state index contributed by atoms with van der Waals surface area (Å²) < 4.78 is 0. The molecule has 1 radical (unpaired) electrons. The number of rotatable bonds is 5. The molecule has 0 N–H and O–H groups in total. The van der Waals surface area contributed by atoms with Crippen LogP contribution >= 0.6 is 0 Å². The molecular weight excluding hydrogens is 108 g/mol. The van der Waals surface area contributed by atoms with Crippen LogP contribution < -0.4 is 0 Å². The molecule has 0 spiro atoms. The molecule has 0 amide bonds. The summed E-state index contributed by atoms with van der Waals surface area (Å²) in [5.74, 6) is 1.73. The molecule has 0 heterocycles. The van der Waals surface area contributed by atoms with E-state index in [0.29, 0.717) is 0 Å². The average molecular weight is 127 g/mol. The molecule has 0 aromatic carbocycles. The molecule has 0 bridgehead atoms. The third-order valence-corrected chi connectivity index (χ3v) is 1.88. The Bertz CT molecular complexity index is 44.0. The second-order valence-corrected chi connectivity index (χ2v) is 2.56. The Morgan fingerprint density at radius 1 is 1.00 bits per heavy atom. The number of unbranched alkanes of at least 4 members (excludes halogenated alkanes) is 1. The van der Waals surface area contributed by atoms with Crippen LogP contribution in [0.4, 0.5) is 0 Å². The van der Waals surface area contributed by atoms with Crippen LogP contribution in [-0.4, -0.2) is 0 Å². The number of hydrogen-bond acceptors (Lipinski definition) is 0. The van der Waals surface area contributed by atoms with Crippen LogP contribution in [0.15, 0.2) is 0 Å². The highest BCUT2D eigenvalue weighted by Gasteiger charge is 2.00. The summed E-state index contributed by atoms with van der Waals surface area (Å²) >= 11 is 0. The van der Waals surface area contributed by atoms with E-state index in [1.54, 1.807) is 5.92 Å². The zero-order chi connectivity index (χ0) is 7.11. The summed E-state index contributed by atoms with van der Waals surface area (Å²) in [6, 6.07) is 0. The fourth-order valence-electron chi connectivity index (χ4n) is 1.03. The van der Waals surface area contributed by atoms with Gasteiger partial charge in [-0.3, -0.25) is 0 Å². The Labute approximate surface area is 59.7 Å². The molecule has 0 fully saturated rings. The van der Waals surface area contributed by atoms with Crippen LogP contribution in [0.25, 0.3) is 0 Å². The molecule has 0 rings (SSSR count). The van der Waals surface area contributed by atoms with Crippen molar-refractivity contribution in [1.82, 2.24) is 0 Å². The lowest BCUT2D eigenvalue weighted by Crippen LogP contribution is -1.92. The molecule has 0 aliphatic carbocycles. The predicted molar refractivity (Wildman–Crippen MR) is 43.4 cm³/mol. The van der Waals surface area contributed by atoms with Gasteiger partial charge in [-0.05, 0) is 25.2 Å². The third-order valence-electron chi connectivity index (χ3n) is 1.88. The summed E-state index contributed by atoms with van der Waals surface area (Å²) in [6.45, 7) is 6.77.